The molecular weight excluding hydrogens is 276 g/mol. The normalized spacial score (nSPS) is 12.4. The van der Waals surface area contributed by atoms with E-state index < -0.39 is 0 Å². The highest BCUT2D eigenvalue weighted by molar-refractivity contribution is 7.10. The van der Waals surface area contributed by atoms with Crippen molar-refractivity contribution in [3.05, 3.63) is 51.2 Å². The lowest BCUT2D eigenvalue weighted by atomic mass is 10.1. The molecule has 0 bridgehead atoms. The Morgan fingerprint density at radius 2 is 2.16 bits per heavy atom. The number of anilines is 1. The van der Waals surface area contributed by atoms with Gasteiger partial charge in [-0.15, -0.1) is 11.3 Å². The fourth-order valence-corrected chi connectivity index (χ4v) is 3.18. The maximum absolute atomic E-state index is 6.09. The fraction of sp³-hybridized carbons (Fsp3) is 0.333. The van der Waals surface area contributed by atoms with Gasteiger partial charge in [-0.1, -0.05) is 17.7 Å². The molecule has 1 atom stereocenters. The van der Waals surface area contributed by atoms with Crippen LogP contribution in [0.25, 0.3) is 0 Å². The number of nitrogens with zero attached hydrogens (tertiary/aromatic N) is 1. The number of hydrogen-bond donors (Lipinski definition) is 1. The largest absolute Gasteiger partial charge is 0.367 e. The Balaban J connectivity index is 2.30. The number of halogens is 1. The first-order chi connectivity index (χ1) is 9.13. The zero-order chi connectivity index (χ0) is 13.8. The van der Waals surface area contributed by atoms with Gasteiger partial charge >= 0.3 is 0 Å². The third-order valence-corrected chi connectivity index (χ3v) is 4.60. The molecule has 0 aliphatic rings. The van der Waals surface area contributed by atoms with Crippen LogP contribution in [0.1, 0.15) is 23.4 Å². The highest BCUT2D eigenvalue weighted by atomic mass is 35.5. The van der Waals surface area contributed by atoms with Crippen molar-refractivity contribution in [2.24, 2.45) is 0 Å². The summed E-state index contributed by atoms with van der Waals surface area (Å²) in [5.74, 6) is 0. The Bertz CT molecular complexity index is 525. The first-order valence-corrected chi connectivity index (χ1v) is 7.58. The fourth-order valence-electron chi connectivity index (χ4n) is 2.16. The minimum atomic E-state index is 0.358. The molecule has 0 aliphatic heterocycles. The van der Waals surface area contributed by atoms with Crippen LogP contribution < -0.4 is 10.2 Å². The molecule has 0 radical (unpaired) electrons. The Labute approximate surface area is 124 Å². The summed E-state index contributed by atoms with van der Waals surface area (Å²) in [4.78, 5) is 3.67. The van der Waals surface area contributed by atoms with E-state index in [0.29, 0.717) is 6.04 Å². The lowest BCUT2D eigenvalue weighted by Gasteiger charge is -2.28. The molecule has 2 aromatic rings. The molecule has 2 rings (SSSR count). The van der Waals surface area contributed by atoms with Gasteiger partial charge in [0.15, 0.2) is 0 Å². The topological polar surface area (TPSA) is 15.3 Å². The van der Waals surface area contributed by atoms with Gasteiger partial charge in [-0.25, -0.2) is 0 Å². The van der Waals surface area contributed by atoms with Gasteiger partial charge in [-0.2, -0.15) is 0 Å². The van der Waals surface area contributed by atoms with E-state index in [1.165, 1.54) is 16.1 Å². The van der Waals surface area contributed by atoms with Gasteiger partial charge in [-0.05, 0) is 49.2 Å². The third kappa shape index (κ3) is 3.30. The second-order valence-electron chi connectivity index (χ2n) is 4.61. The summed E-state index contributed by atoms with van der Waals surface area (Å²) < 4.78 is 0. The molecule has 0 amide bonds. The third-order valence-electron chi connectivity index (χ3n) is 3.32. The van der Waals surface area contributed by atoms with Crippen LogP contribution in [0.3, 0.4) is 0 Å². The molecule has 1 unspecified atom stereocenters. The van der Waals surface area contributed by atoms with Crippen LogP contribution in [-0.2, 0) is 6.54 Å². The van der Waals surface area contributed by atoms with Gasteiger partial charge < -0.3 is 10.2 Å². The molecular formula is C15H19ClN2S. The maximum atomic E-state index is 6.09. The zero-order valence-electron chi connectivity index (χ0n) is 11.5. The molecule has 2 nitrogen and oxygen atoms in total. The van der Waals surface area contributed by atoms with E-state index in [1.807, 2.05) is 19.2 Å². The van der Waals surface area contributed by atoms with Crippen molar-refractivity contribution in [3.63, 3.8) is 0 Å². The van der Waals surface area contributed by atoms with E-state index in [1.54, 1.807) is 11.3 Å². The number of thiophene rings is 1. The first kappa shape index (κ1) is 14.4. The van der Waals surface area contributed by atoms with E-state index in [4.69, 9.17) is 11.6 Å². The smallest absolute Gasteiger partial charge is 0.0603 e. The van der Waals surface area contributed by atoms with E-state index >= 15 is 0 Å². The number of benzene rings is 1. The van der Waals surface area contributed by atoms with Crippen LogP contribution in [0, 0.1) is 0 Å². The van der Waals surface area contributed by atoms with Gasteiger partial charge in [0.05, 0.1) is 6.04 Å². The molecule has 1 heterocycles. The van der Waals surface area contributed by atoms with Crippen molar-refractivity contribution >= 4 is 28.6 Å². The summed E-state index contributed by atoms with van der Waals surface area (Å²) in [5.41, 5.74) is 2.44. The van der Waals surface area contributed by atoms with Crippen molar-refractivity contribution in [1.82, 2.24) is 5.32 Å². The van der Waals surface area contributed by atoms with Crippen LogP contribution in [0.4, 0.5) is 5.69 Å². The lowest BCUT2D eigenvalue weighted by Crippen LogP contribution is -2.23. The van der Waals surface area contributed by atoms with Gasteiger partial charge in [-0.3, -0.25) is 0 Å². The average molecular weight is 295 g/mol. The minimum absolute atomic E-state index is 0.358. The van der Waals surface area contributed by atoms with E-state index in [-0.39, 0.29) is 0 Å². The molecule has 1 aromatic heterocycles. The van der Waals surface area contributed by atoms with Crippen LogP contribution in [-0.4, -0.2) is 14.1 Å². The van der Waals surface area contributed by atoms with Crippen molar-refractivity contribution in [2.75, 3.05) is 19.0 Å². The summed E-state index contributed by atoms with van der Waals surface area (Å²) in [6, 6.07) is 10.7. The molecule has 0 aliphatic carbocycles. The molecule has 0 fully saturated rings. The van der Waals surface area contributed by atoms with Gasteiger partial charge in [0, 0.05) is 29.2 Å². The summed E-state index contributed by atoms with van der Waals surface area (Å²) in [6.45, 7) is 3.04. The first-order valence-electron chi connectivity index (χ1n) is 6.32. The van der Waals surface area contributed by atoms with E-state index in [2.05, 4.69) is 47.8 Å². The van der Waals surface area contributed by atoms with Gasteiger partial charge in [0.1, 0.15) is 0 Å². The van der Waals surface area contributed by atoms with Crippen molar-refractivity contribution in [1.29, 1.82) is 0 Å². The molecule has 1 aromatic carbocycles. The standard InChI is InChI=1S/C15H19ClN2S/c1-11(15-5-4-8-19-15)18(3)14-7-6-13(16)9-12(14)10-17-2/h4-9,11,17H,10H2,1-3H3. The maximum Gasteiger partial charge on any atom is 0.0603 e. The van der Waals surface area contributed by atoms with Crippen LogP contribution in [0.2, 0.25) is 5.02 Å². The minimum Gasteiger partial charge on any atom is -0.367 e. The van der Waals surface area contributed by atoms with Crippen LogP contribution in [0.15, 0.2) is 35.7 Å². The van der Waals surface area contributed by atoms with Crippen molar-refractivity contribution < 1.29 is 0 Å². The molecule has 102 valence electrons. The molecule has 0 spiro atoms. The predicted molar refractivity (Wildman–Crippen MR) is 85.4 cm³/mol. The summed E-state index contributed by atoms with van der Waals surface area (Å²) in [7, 11) is 4.08. The monoisotopic (exact) mass is 294 g/mol. The van der Waals surface area contributed by atoms with Crippen molar-refractivity contribution in [3.8, 4) is 0 Å². The summed E-state index contributed by atoms with van der Waals surface area (Å²) in [5, 5.41) is 6.10. The Morgan fingerprint density at radius 3 is 2.79 bits per heavy atom. The van der Waals surface area contributed by atoms with Crippen LogP contribution in [0.5, 0.6) is 0 Å². The quantitative estimate of drug-likeness (QED) is 0.883. The van der Waals surface area contributed by atoms with Gasteiger partial charge in [0.25, 0.3) is 0 Å². The molecule has 1 N–H and O–H groups in total. The van der Waals surface area contributed by atoms with E-state index in [9.17, 15) is 0 Å². The highest BCUT2D eigenvalue weighted by Crippen LogP contribution is 2.31. The molecule has 0 saturated heterocycles. The summed E-state index contributed by atoms with van der Waals surface area (Å²) in [6.07, 6.45) is 0. The molecule has 19 heavy (non-hydrogen) atoms. The molecule has 4 heteroatoms. The highest BCUT2D eigenvalue weighted by Gasteiger charge is 2.16. The van der Waals surface area contributed by atoms with E-state index in [0.717, 1.165) is 11.6 Å². The van der Waals surface area contributed by atoms with Gasteiger partial charge in [0.2, 0.25) is 0 Å². The Morgan fingerprint density at radius 1 is 1.37 bits per heavy atom. The zero-order valence-corrected chi connectivity index (χ0v) is 13.1. The lowest BCUT2D eigenvalue weighted by molar-refractivity contribution is 0.738. The number of nitrogens with one attached hydrogen (secondary N) is 1. The average Bonchev–Trinajstić information content (AvgIpc) is 2.91. The van der Waals surface area contributed by atoms with Crippen molar-refractivity contribution in [2.45, 2.75) is 19.5 Å². The number of hydrogen-bond acceptors (Lipinski definition) is 3. The Kier molecular flexibility index (Phi) is 4.86. The second-order valence-corrected chi connectivity index (χ2v) is 6.02. The predicted octanol–water partition coefficient (Wildman–Crippen LogP) is 4.32. The summed E-state index contributed by atoms with van der Waals surface area (Å²) >= 11 is 7.89. The SMILES string of the molecule is CNCc1cc(Cl)ccc1N(C)C(C)c1cccs1. The number of rotatable bonds is 5. The molecule has 0 saturated carbocycles. The second kappa shape index (κ2) is 6.42. The Hall–Kier alpha value is -1.03. The van der Waals surface area contributed by atoms with Crippen LogP contribution >= 0.6 is 22.9 Å².